The summed E-state index contributed by atoms with van der Waals surface area (Å²) in [7, 11) is 0. The van der Waals surface area contributed by atoms with Crippen molar-refractivity contribution in [1.82, 2.24) is 9.55 Å². The largest absolute Gasteiger partial charge is 0.329 e. The fourth-order valence-electron chi connectivity index (χ4n) is 1.67. The van der Waals surface area contributed by atoms with Crippen LogP contribution < -0.4 is 0 Å². The number of imidazole rings is 1. The van der Waals surface area contributed by atoms with Crippen LogP contribution in [0.3, 0.4) is 0 Å². The van der Waals surface area contributed by atoms with Crippen LogP contribution in [0.4, 0.5) is 0 Å². The summed E-state index contributed by atoms with van der Waals surface area (Å²) >= 11 is 5.30. The second-order valence-electron chi connectivity index (χ2n) is 3.48. The van der Waals surface area contributed by atoms with Gasteiger partial charge in [0.05, 0.1) is 12.4 Å². The molecule has 0 saturated carbocycles. The Morgan fingerprint density at radius 1 is 1.60 bits per heavy atom. The summed E-state index contributed by atoms with van der Waals surface area (Å²) in [6.07, 6.45) is 8.11. The van der Waals surface area contributed by atoms with Gasteiger partial charge in [0.25, 0.3) is 0 Å². The molecule has 0 fully saturated rings. The molecule has 0 aliphatic carbocycles. The minimum atomic E-state index is 0.439. The summed E-state index contributed by atoms with van der Waals surface area (Å²) in [5, 5.41) is 2.13. The van der Waals surface area contributed by atoms with Gasteiger partial charge in [-0.1, -0.05) is 13.3 Å². The number of halogens is 1. The Morgan fingerprint density at radius 2 is 2.47 bits per heavy atom. The molecule has 0 bridgehead atoms. The summed E-state index contributed by atoms with van der Waals surface area (Å²) in [5.41, 5.74) is 0. The average Bonchev–Trinajstić information content (AvgIpc) is 2.85. The van der Waals surface area contributed by atoms with Crippen molar-refractivity contribution in [3.05, 3.63) is 39.5 Å². The van der Waals surface area contributed by atoms with Gasteiger partial charge in [-0.3, -0.25) is 0 Å². The lowest BCUT2D eigenvalue weighted by Crippen LogP contribution is -2.06. The van der Waals surface area contributed by atoms with Crippen molar-refractivity contribution in [3.63, 3.8) is 0 Å². The van der Waals surface area contributed by atoms with E-state index in [-0.39, 0.29) is 0 Å². The van der Waals surface area contributed by atoms with Crippen molar-refractivity contribution in [3.8, 4) is 0 Å². The monoisotopic (exact) mass is 284 g/mol. The maximum absolute atomic E-state index is 4.11. The molecule has 4 heteroatoms. The fourth-order valence-corrected chi connectivity index (χ4v) is 3.26. The lowest BCUT2D eigenvalue weighted by atomic mass is 10.1. The van der Waals surface area contributed by atoms with E-state index in [9.17, 15) is 0 Å². The molecule has 0 aromatic carbocycles. The molecular weight excluding hydrogens is 272 g/mol. The molecule has 0 saturated heterocycles. The van der Waals surface area contributed by atoms with E-state index in [1.54, 1.807) is 11.3 Å². The highest BCUT2D eigenvalue weighted by atomic mass is 79.9. The molecule has 80 valence electrons. The molecule has 2 aromatic rings. The zero-order valence-electron chi connectivity index (χ0n) is 8.56. The second-order valence-corrected chi connectivity index (χ2v) is 5.34. The summed E-state index contributed by atoms with van der Waals surface area (Å²) in [6, 6.07) is 2.64. The van der Waals surface area contributed by atoms with Crippen molar-refractivity contribution in [2.24, 2.45) is 0 Å². The number of thiophene rings is 1. The summed E-state index contributed by atoms with van der Waals surface area (Å²) in [5.74, 6) is 0. The number of hydrogen-bond acceptors (Lipinski definition) is 2. The third-order valence-electron chi connectivity index (χ3n) is 2.36. The molecule has 0 aliphatic heterocycles. The zero-order valence-corrected chi connectivity index (χ0v) is 11.0. The molecule has 0 N–H and O–H groups in total. The third kappa shape index (κ3) is 2.49. The standard InChI is InChI=1S/C11H13BrN2S/c1-2-3-10(14-5-4-13-8-14)11-6-9(12)7-15-11/h4-8,10H,2-3H2,1H3. The Bertz CT molecular complexity index is 408. The summed E-state index contributed by atoms with van der Waals surface area (Å²) in [4.78, 5) is 5.50. The van der Waals surface area contributed by atoms with E-state index in [1.807, 2.05) is 18.7 Å². The van der Waals surface area contributed by atoms with Gasteiger partial charge in [-0.25, -0.2) is 4.98 Å². The predicted octanol–water partition coefficient (Wildman–Crippen LogP) is 4.10. The zero-order chi connectivity index (χ0) is 10.7. The minimum Gasteiger partial charge on any atom is -0.329 e. The van der Waals surface area contributed by atoms with Gasteiger partial charge < -0.3 is 4.57 Å². The van der Waals surface area contributed by atoms with E-state index in [0.29, 0.717) is 6.04 Å². The number of rotatable bonds is 4. The summed E-state index contributed by atoms with van der Waals surface area (Å²) in [6.45, 7) is 2.21. The first-order chi connectivity index (χ1) is 7.31. The predicted molar refractivity (Wildman–Crippen MR) is 67.3 cm³/mol. The van der Waals surface area contributed by atoms with Gasteiger partial charge in [-0.15, -0.1) is 11.3 Å². The first-order valence-electron chi connectivity index (χ1n) is 5.02. The van der Waals surface area contributed by atoms with E-state index in [4.69, 9.17) is 0 Å². The van der Waals surface area contributed by atoms with Crippen LogP contribution in [0.2, 0.25) is 0 Å². The van der Waals surface area contributed by atoms with Gasteiger partial charge >= 0.3 is 0 Å². The highest BCUT2D eigenvalue weighted by molar-refractivity contribution is 9.10. The molecule has 2 heterocycles. The smallest absolute Gasteiger partial charge is 0.0951 e. The lowest BCUT2D eigenvalue weighted by molar-refractivity contribution is 0.540. The van der Waals surface area contributed by atoms with E-state index in [2.05, 4.69) is 43.9 Å². The van der Waals surface area contributed by atoms with Crippen LogP contribution in [-0.2, 0) is 0 Å². The molecule has 0 radical (unpaired) electrons. The molecular formula is C11H13BrN2S. The molecule has 0 amide bonds. The van der Waals surface area contributed by atoms with Crippen LogP contribution in [0, 0.1) is 0 Å². The van der Waals surface area contributed by atoms with Gasteiger partial charge in [0, 0.05) is 27.1 Å². The molecule has 1 unspecified atom stereocenters. The SMILES string of the molecule is CCCC(c1cc(Br)cs1)n1ccnc1. The average molecular weight is 285 g/mol. The Labute approximate surface area is 102 Å². The number of nitrogens with zero attached hydrogens (tertiary/aromatic N) is 2. The van der Waals surface area contributed by atoms with Crippen LogP contribution in [0.1, 0.15) is 30.7 Å². The molecule has 15 heavy (non-hydrogen) atoms. The van der Waals surface area contributed by atoms with Crippen molar-refractivity contribution in [2.75, 3.05) is 0 Å². The van der Waals surface area contributed by atoms with Crippen molar-refractivity contribution < 1.29 is 0 Å². The molecule has 0 aliphatic rings. The van der Waals surface area contributed by atoms with Crippen LogP contribution in [0.25, 0.3) is 0 Å². The van der Waals surface area contributed by atoms with Gasteiger partial charge in [0.2, 0.25) is 0 Å². The first-order valence-corrected chi connectivity index (χ1v) is 6.70. The van der Waals surface area contributed by atoms with Crippen LogP contribution in [-0.4, -0.2) is 9.55 Å². The van der Waals surface area contributed by atoms with Crippen LogP contribution >= 0.6 is 27.3 Å². The highest BCUT2D eigenvalue weighted by Crippen LogP contribution is 2.30. The van der Waals surface area contributed by atoms with E-state index in [1.165, 1.54) is 15.8 Å². The van der Waals surface area contributed by atoms with Crippen molar-refractivity contribution in [2.45, 2.75) is 25.8 Å². The van der Waals surface area contributed by atoms with Gasteiger partial charge in [-0.2, -0.15) is 0 Å². The van der Waals surface area contributed by atoms with Gasteiger partial charge in [-0.05, 0) is 28.4 Å². The fraction of sp³-hybridized carbons (Fsp3) is 0.364. The quantitative estimate of drug-likeness (QED) is 0.827. The summed E-state index contributed by atoms with van der Waals surface area (Å²) < 4.78 is 3.35. The molecule has 2 aromatic heterocycles. The third-order valence-corrected chi connectivity index (χ3v) is 4.16. The Hall–Kier alpha value is -0.610. The Balaban J connectivity index is 2.27. The van der Waals surface area contributed by atoms with Crippen molar-refractivity contribution in [1.29, 1.82) is 0 Å². The Morgan fingerprint density at radius 3 is 3.00 bits per heavy atom. The molecule has 2 nitrogen and oxygen atoms in total. The molecule has 0 spiro atoms. The second kappa shape index (κ2) is 4.94. The molecule has 1 atom stereocenters. The van der Waals surface area contributed by atoms with Gasteiger partial charge in [0.15, 0.2) is 0 Å². The maximum Gasteiger partial charge on any atom is 0.0951 e. The van der Waals surface area contributed by atoms with Crippen LogP contribution in [0.15, 0.2) is 34.6 Å². The first kappa shape index (κ1) is 10.9. The normalized spacial score (nSPS) is 12.9. The number of hydrogen-bond donors (Lipinski definition) is 0. The van der Waals surface area contributed by atoms with Crippen LogP contribution in [0.5, 0.6) is 0 Å². The highest BCUT2D eigenvalue weighted by Gasteiger charge is 2.13. The Kier molecular flexibility index (Phi) is 3.59. The van der Waals surface area contributed by atoms with E-state index >= 15 is 0 Å². The maximum atomic E-state index is 4.11. The number of aromatic nitrogens is 2. The van der Waals surface area contributed by atoms with E-state index < -0.39 is 0 Å². The molecule has 2 rings (SSSR count). The van der Waals surface area contributed by atoms with Gasteiger partial charge in [0.1, 0.15) is 0 Å². The van der Waals surface area contributed by atoms with E-state index in [0.717, 1.165) is 6.42 Å². The lowest BCUT2D eigenvalue weighted by Gasteiger charge is -2.15. The van der Waals surface area contributed by atoms with Crippen molar-refractivity contribution >= 4 is 27.3 Å². The topological polar surface area (TPSA) is 17.8 Å². The minimum absolute atomic E-state index is 0.439.